The van der Waals surface area contributed by atoms with E-state index >= 15 is 0 Å². The second kappa shape index (κ2) is 11.8. The Morgan fingerprint density at radius 2 is 1.73 bits per heavy atom. The van der Waals surface area contributed by atoms with Gasteiger partial charge in [0.25, 0.3) is 0 Å². The normalized spacial score (nSPS) is 12.0. The van der Waals surface area contributed by atoms with Crippen molar-refractivity contribution in [2.45, 2.75) is 71.6 Å². The van der Waals surface area contributed by atoms with E-state index in [4.69, 9.17) is 9.47 Å². The van der Waals surface area contributed by atoms with Gasteiger partial charge in [-0.3, -0.25) is 4.68 Å². The number of rotatable bonds is 11. The minimum absolute atomic E-state index is 0.385. The van der Waals surface area contributed by atoms with E-state index in [9.17, 15) is 18.0 Å². The van der Waals surface area contributed by atoms with Crippen LogP contribution >= 0.6 is 0 Å². The lowest BCUT2D eigenvalue weighted by Gasteiger charge is -2.25. The van der Waals surface area contributed by atoms with E-state index in [-0.39, 0.29) is 5.97 Å². The molecule has 0 saturated carbocycles. The smallest absolute Gasteiger partial charge is 0.416 e. The van der Waals surface area contributed by atoms with Gasteiger partial charge in [-0.05, 0) is 69.4 Å². The molecule has 0 amide bonds. The molecule has 0 fully saturated rings. The summed E-state index contributed by atoms with van der Waals surface area (Å²) in [4.78, 5) is 16.9. The first kappa shape index (κ1) is 28.2. The summed E-state index contributed by atoms with van der Waals surface area (Å²) < 4.78 is 51.4. The molecule has 0 radical (unpaired) electrons. The molecule has 0 saturated heterocycles. The highest BCUT2D eigenvalue weighted by atomic mass is 19.4. The van der Waals surface area contributed by atoms with Gasteiger partial charge in [0, 0.05) is 19.0 Å². The molecule has 3 rings (SSSR count). The van der Waals surface area contributed by atoms with Gasteiger partial charge >= 0.3 is 12.1 Å². The third kappa shape index (κ3) is 7.57. The van der Waals surface area contributed by atoms with Gasteiger partial charge in [-0.1, -0.05) is 37.6 Å². The fourth-order valence-electron chi connectivity index (χ4n) is 3.80. The molecule has 6 nitrogen and oxygen atoms in total. The zero-order chi connectivity index (χ0) is 27.2. The number of halogens is 3. The molecule has 0 aliphatic carbocycles. The molecule has 9 heteroatoms. The Morgan fingerprint density at radius 3 is 2.35 bits per heavy atom. The summed E-state index contributed by atoms with van der Waals surface area (Å²) >= 11 is 0. The van der Waals surface area contributed by atoms with Crippen LogP contribution in [0.25, 0.3) is 11.4 Å². The number of aryl methyl sites for hydroxylation is 4. The number of benzene rings is 2. The van der Waals surface area contributed by atoms with Crippen molar-refractivity contribution in [3.63, 3.8) is 0 Å². The van der Waals surface area contributed by atoms with Crippen molar-refractivity contribution < 1.29 is 27.4 Å². The maximum atomic E-state index is 12.8. The molecule has 2 aromatic carbocycles. The van der Waals surface area contributed by atoms with Crippen LogP contribution in [0.1, 0.15) is 62.5 Å². The van der Waals surface area contributed by atoms with Crippen molar-refractivity contribution in [1.82, 2.24) is 14.8 Å². The van der Waals surface area contributed by atoms with E-state index < -0.39 is 17.3 Å². The van der Waals surface area contributed by atoms with E-state index in [0.29, 0.717) is 30.2 Å². The minimum Gasteiger partial charge on any atom is -0.476 e. The Morgan fingerprint density at radius 1 is 1.03 bits per heavy atom. The largest absolute Gasteiger partial charge is 0.476 e. The zero-order valence-corrected chi connectivity index (χ0v) is 22.0. The molecule has 0 bridgehead atoms. The average molecular weight is 518 g/mol. The van der Waals surface area contributed by atoms with Crippen LogP contribution in [0.5, 0.6) is 5.75 Å². The SMILES string of the molecule is CCCCOC(=O)C(C)(C)Oc1ccc(CCCc2nc(-c3ccc(C(F)(F)F)cc3)nn2C)cc1C. The molecule has 3 aromatic rings. The van der Waals surface area contributed by atoms with Crippen molar-refractivity contribution in [3.05, 3.63) is 65.0 Å². The topological polar surface area (TPSA) is 66.2 Å². The summed E-state index contributed by atoms with van der Waals surface area (Å²) in [6.07, 6.45) is -0.329. The number of unbranched alkanes of at least 4 members (excludes halogenated alkanes) is 1. The number of carbonyl (C=O) groups excluding carboxylic acids is 1. The van der Waals surface area contributed by atoms with Crippen molar-refractivity contribution >= 4 is 5.97 Å². The number of hydrogen-bond acceptors (Lipinski definition) is 5. The van der Waals surface area contributed by atoms with E-state index in [1.807, 2.05) is 32.0 Å². The van der Waals surface area contributed by atoms with Crippen molar-refractivity contribution in [3.8, 4) is 17.1 Å². The molecular weight excluding hydrogens is 483 g/mol. The Kier molecular flexibility index (Phi) is 8.99. The van der Waals surface area contributed by atoms with Crippen LogP contribution < -0.4 is 4.74 Å². The molecule has 0 spiro atoms. The van der Waals surface area contributed by atoms with Crippen molar-refractivity contribution in [1.29, 1.82) is 0 Å². The summed E-state index contributed by atoms with van der Waals surface area (Å²) in [5, 5.41) is 4.37. The van der Waals surface area contributed by atoms with Gasteiger partial charge in [0.15, 0.2) is 11.4 Å². The molecule has 0 aliphatic rings. The summed E-state index contributed by atoms with van der Waals surface area (Å²) in [7, 11) is 1.78. The summed E-state index contributed by atoms with van der Waals surface area (Å²) in [6, 6.07) is 10.7. The molecule has 0 N–H and O–H groups in total. The quantitative estimate of drug-likeness (QED) is 0.215. The number of nitrogens with zero attached hydrogens (tertiary/aromatic N) is 3. The summed E-state index contributed by atoms with van der Waals surface area (Å²) in [5.41, 5.74) is 0.803. The van der Waals surface area contributed by atoms with Gasteiger partial charge in [0.1, 0.15) is 11.6 Å². The maximum Gasteiger partial charge on any atom is 0.416 e. The van der Waals surface area contributed by atoms with Crippen LogP contribution in [0.2, 0.25) is 0 Å². The average Bonchev–Trinajstić information content (AvgIpc) is 3.20. The van der Waals surface area contributed by atoms with Crippen LogP contribution in [-0.4, -0.2) is 32.9 Å². The van der Waals surface area contributed by atoms with Crippen LogP contribution in [-0.2, 0) is 35.6 Å². The monoisotopic (exact) mass is 517 g/mol. The van der Waals surface area contributed by atoms with Crippen LogP contribution in [0.15, 0.2) is 42.5 Å². The zero-order valence-electron chi connectivity index (χ0n) is 22.0. The van der Waals surface area contributed by atoms with Crippen molar-refractivity contribution in [2.75, 3.05) is 6.61 Å². The number of aromatic nitrogens is 3. The maximum absolute atomic E-state index is 12.8. The number of hydrogen-bond donors (Lipinski definition) is 0. The van der Waals surface area contributed by atoms with Gasteiger partial charge in [-0.2, -0.15) is 18.3 Å². The fourth-order valence-corrected chi connectivity index (χ4v) is 3.80. The van der Waals surface area contributed by atoms with Gasteiger partial charge in [-0.15, -0.1) is 0 Å². The molecule has 200 valence electrons. The van der Waals surface area contributed by atoms with Gasteiger partial charge in [-0.25, -0.2) is 9.78 Å². The second-order valence-corrected chi connectivity index (χ2v) is 9.61. The van der Waals surface area contributed by atoms with E-state index in [2.05, 4.69) is 10.1 Å². The highest BCUT2D eigenvalue weighted by Gasteiger charge is 2.32. The number of ether oxygens (including phenoxy) is 2. The predicted octanol–water partition coefficient (Wildman–Crippen LogP) is 6.49. The minimum atomic E-state index is -4.37. The predicted molar refractivity (Wildman–Crippen MR) is 135 cm³/mol. The molecule has 37 heavy (non-hydrogen) atoms. The van der Waals surface area contributed by atoms with E-state index in [1.165, 1.54) is 12.1 Å². The van der Waals surface area contributed by atoms with Crippen LogP contribution in [0.3, 0.4) is 0 Å². The lowest BCUT2D eigenvalue weighted by Crippen LogP contribution is -2.40. The third-order valence-electron chi connectivity index (χ3n) is 6.02. The first-order valence-electron chi connectivity index (χ1n) is 12.4. The fraction of sp³-hybridized carbons (Fsp3) is 0.464. The standard InChI is InChI=1S/C28H34F3N3O3/c1-6-7-17-36-26(35)27(3,4)37-23-16-11-20(18-19(23)2)9-8-10-24-32-25(33-34(24)5)21-12-14-22(15-13-21)28(29,30)31/h11-16,18H,6-10,17H2,1-5H3. The molecule has 0 aliphatic heterocycles. The van der Waals surface area contributed by atoms with Gasteiger partial charge in [0.05, 0.1) is 12.2 Å². The first-order valence-corrected chi connectivity index (χ1v) is 12.4. The summed E-state index contributed by atoms with van der Waals surface area (Å²) in [6.45, 7) is 7.77. The number of esters is 1. The molecular formula is C28H34F3N3O3. The highest BCUT2D eigenvalue weighted by Crippen LogP contribution is 2.30. The van der Waals surface area contributed by atoms with Gasteiger partial charge in [0.2, 0.25) is 0 Å². The molecule has 1 heterocycles. The van der Waals surface area contributed by atoms with Gasteiger partial charge < -0.3 is 9.47 Å². The summed E-state index contributed by atoms with van der Waals surface area (Å²) in [5.74, 6) is 1.41. The Bertz CT molecular complexity index is 1200. The highest BCUT2D eigenvalue weighted by molar-refractivity contribution is 5.79. The number of alkyl halides is 3. The Balaban J connectivity index is 1.57. The molecule has 0 unspecified atom stereocenters. The lowest BCUT2D eigenvalue weighted by molar-refractivity contribution is -0.159. The van der Waals surface area contributed by atoms with Crippen LogP contribution in [0.4, 0.5) is 13.2 Å². The Hall–Kier alpha value is -3.36. The van der Waals surface area contributed by atoms with E-state index in [1.54, 1.807) is 25.6 Å². The second-order valence-electron chi connectivity index (χ2n) is 9.61. The lowest BCUT2D eigenvalue weighted by atomic mass is 10.0. The number of carbonyl (C=O) groups is 1. The van der Waals surface area contributed by atoms with Crippen LogP contribution in [0, 0.1) is 6.92 Å². The Labute approximate surface area is 215 Å². The molecule has 0 atom stereocenters. The molecule has 1 aromatic heterocycles. The first-order chi connectivity index (χ1) is 17.4. The van der Waals surface area contributed by atoms with E-state index in [0.717, 1.165) is 54.8 Å². The third-order valence-corrected chi connectivity index (χ3v) is 6.02. The van der Waals surface area contributed by atoms with Crippen molar-refractivity contribution in [2.24, 2.45) is 7.05 Å².